The zero-order chi connectivity index (χ0) is 26.5. The van der Waals surface area contributed by atoms with Crippen molar-refractivity contribution in [2.24, 2.45) is 10.4 Å². The number of benzene rings is 1. The highest BCUT2D eigenvalue weighted by atomic mass is 16.6. The smallest absolute Gasteiger partial charge is 0.274 e. The number of aryl methyl sites for hydroxylation is 1. The van der Waals surface area contributed by atoms with Gasteiger partial charge in [-0.25, -0.2) is 5.48 Å². The fourth-order valence-electron chi connectivity index (χ4n) is 3.71. The van der Waals surface area contributed by atoms with E-state index in [0.29, 0.717) is 40.9 Å². The van der Waals surface area contributed by atoms with E-state index in [1.54, 1.807) is 30.6 Å². The van der Waals surface area contributed by atoms with Crippen LogP contribution >= 0.6 is 0 Å². The molecule has 0 bridgehead atoms. The molecule has 36 heavy (non-hydrogen) atoms. The Bertz CT molecular complexity index is 1270. The largest absolute Gasteiger partial charge is 0.358 e. The van der Waals surface area contributed by atoms with Crippen molar-refractivity contribution in [2.45, 2.75) is 34.6 Å². The van der Waals surface area contributed by atoms with E-state index in [2.05, 4.69) is 42.6 Å². The summed E-state index contributed by atoms with van der Waals surface area (Å²) < 4.78 is 0. The van der Waals surface area contributed by atoms with Crippen LogP contribution in [0.5, 0.6) is 0 Å². The molecule has 0 radical (unpaired) electrons. The minimum absolute atomic E-state index is 0.0357. The number of hydrogen-bond donors (Lipinski definition) is 2. The van der Waals surface area contributed by atoms with Crippen LogP contribution in [-0.2, 0) is 4.84 Å². The zero-order valence-electron chi connectivity index (χ0n) is 21.7. The number of aromatic nitrogens is 2. The number of nitriles is 1. The van der Waals surface area contributed by atoms with Gasteiger partial charge in [0.2, 0.25) is 5.95 Å². The van der Waals surface area contributed by atoms with Crippen molar-refractivity contribution in [3.8, 4) is 6.07 Å². The van der Waals surface area contributed by atoms with Gasteiger partial charge in [0.05, 0.1) is 7.11 Å². The van der Waals surface area contributed by atoms with Gasteiger partial charge in [0.25, 0.3) is 5.91 Å². The van der Waals surface area contributed by atoms with Crippen LogP contribution in [0.3, 0.4) is 0 Å². The van der Waals surface area contributed by atoms with Crippen LogP contribution in [0.25, 0.3) is 0 Å². The third-order valence-electron chi connectivity index (χ3n) is 5.27. The Hall–Kier alpha value is -4.23. The standard InChI is InChI=1S/C26H32N8O2/c1-17-9-10-19(24(35)32-36-7)13-21(17)29-22-20(14-27)23(33(6)16-26(3,4)5)31-25(30-22)34-12-8-11-28-15-18(34)2/h8-13,15H,16H2,1-7H3,(H,32,35)(H,29,30,31). The molecule has 3 rings (SSSR count). The predicted molar refractivity (Wildman–Crippen MR) is 142 cm³/mol. The number of amides is 1. The number of hydrogen-bond acceptors (Lipinski definition) is 9. The van der Waals surface area contributed by atoms with Gasteiger partial charge >= 0.3 is 0 Å². The summed E-state index contributed by atoms with van der Waals surface area (Å²) >= 11 is 0. The van der Waals surface area contributed by atoms with E-state index in [0.717, 1.165) is 11.3 Å². The summed E-state index contributed by atoms with van der Waals surface area (Å²) in [6.45, 7) is 10.8. The molecule has 10 heteroatoms. The van der Waals surface area contributed by atoms with Crippen molar-refractivity contribution in [2.75, 3.05) is 35.8 Å². The summed E-state index contributed by atoms with van der Waals surface area (Å²) in [7, 11) is 3.29. The van der Waals surface area contributed by atoms with Crippen LogP contribution in [0.15, 0.2) is 47.4 Å². The molecule has 0 aliphatic carbocycles. The molecule has 1 aromatic heterocycles. The third kappa shape index (κ3) is 6.25. The fourth-order valence-corrected chi connectivity index (χ4v) is 3.71. The molecule has 1 amide bonds. The van der Waals surface area contributed by atoms with Crippen molar-refractivity contribution in [3.05, 3.63) is 59.1 Å². The number of carbonyl (C=O) groups is 1. The van der Waals surface area contributed by atoms with E-state index in [4.69, 9.17) is 14.8 Å². The number of nitrogens with zero attached hydrogens (tertiary/aromatic N) is 6. The molecule has 2 heterocycles. The normalized spacial score (nSPS) is 13.1. The van der Waals surface area contributed by atoms with Crippen LogP contribution in [0.2, 0.25) is 0 Å². The second kappa shape index (κ2) is 11.0. The van der Waals surface area contributed by atoms with Crippen LogP contribution in [0, 0.1) is 23.7 Å². The van der Waals surface area contributed by atoms with Gasteiger partial charge in [-0.05, 0) is 43.0 Å². The first-order valence-electron chi connectivity index (χ1n) is 11.4. The van der Waals surface area contributed by atoms with Crippen LogP contribution in [0.4, 0.5) is 23.3 Å². The summed E-state index contributed by atoms with van der Waals surface area (Å²) in [6.07, 6.45) is 7.01. The van der Waals surface area contributed by atoms with Crippen molar-refractivity contribution >= 4 is 35.4 Å². The third-order valence-corrected chi connectivity index (χ3v) is 5.27. The minimum atomic E-state index is -0.384. The summed E-state index contributed by atoms with van der Waals surface area (Å²) in [5.74, 6) is 0.827. The Labute approximate surface area is 212 Å². The molecule has 0 spiro atoms. The number of rotatable bonds is 7. The van der Waals surface area contributed by atoms with Crippen LogP contribution < -0.4 is 20.6 Å². The number of nitrogens with one attached hydrogen (secondary N) is 2. The Kier molecular flexibility index (Phi) is 8.07. The maximum Gasteiger partial charge on any atom is 0.274 e. The second-order valence-electron chi connectivity index (χ2n) is 9.67. The highest BCUT2D eigenvalue weighted by Gasteiger charge is 2.24. The molecular weight excluding hydrogens is 456 g/mol. The van der Waals surface area contributed by atoms with Crippen molar-refractivity contribution in [1.29, 1.82) is 5.26 Å². The monoisotopic (exact) mass is 488 g/mol. The predicted octanol–water partition coefficient (Wildman–Crippen LogP) is 4.44. The molecule has 1 aliphatic rings. The van der Waals surface area contributed by atoms with Crippen LogP contribution in [-0.4, -0.2) is 42.8 Å². The molecular formula is C26H32N8O2. The average molecular weight is 489 g/mol. The Morgan fingerprint density at radius 3 is 2.67 bits per heavy atom. The molecule has 2 N–H and O–H groups in total. The highest BCUT2D eigenvalue weighted by Crippen LogP contribution is 2.32. The summed E-state index contributed by atoms with van der Waals surface area (Å²) in [6, 6.07) is 7.48. The first-order valence-corrected chi connectivity index (χ1v) is 11.4. The lowest BCUT2D eigenvalue weighted by Gasteiger charge is -2.29. The first kappa shape index (κ1) is 26.4. The Balaban J connectivity index is 2.17. The lowest BCUT2D eigenvalue weighted by atomic mass is 9.96. The second-order valence-corrected chi connectivity index (χ2v) is 9.67. The fraction of sp³-hybridized carbons (Fsp3) is 0.346. The maximum absolute atomic E-state index is 12.3. The summed E-state index contributed by atoms with van der Waals surface area (Å²) in [5, 5.41) is 13.4. The molecule has 188 valence electrons. The van der Waals surface area contributed by atoms with E-state index < -0.39 is 0 Å². The quantitative estimate of drug-likeness (QED) is 0.549. The first-order chi connectivity index (χ1) is 17.0. The number of aliphatic imine (C=N–C) groups is 1. The van der Waals surface area contributed by atoms with E-state index in [9.17, 15) is 10.1 Å². The topological polar surface area (TPSA) is 119 Å². The van der Waals surface area contributed by atoms with Crippen LogP contribution in [0.1, 0.15) is 49.2 Å². The van der Waals surface area contributed by atoms with Gasteiger partial charge < -0.3 is 10.2 Å². The van der Waals surface area contributed by atoms with Gasteiger partial charge in [0.1, 0.15) is 11.6 Å². The SMILES string of the molecule is CONC(=O)c1ccc(C)c(Nc2nc(N3C=CC=NC=C3C)nc(N(C)CC(C)(C)C)c2C#N)c1. The molecule has 1 aliphatic heterocycles. The number of carbonyl (C=O) groups excluding carboxylic acids is 1. The summed E-state index contributed by atoms with van der Waals surface area (Å²) in [4.78, 5) is 34.6. The van der Waals surface area contributed by atoms with Gasteiger partial charge in [0.15, 0.2) is 11.6 Å². The summed E-state index contributed by atoms with van der Waals surface area (Å²) in [5.41, 5.74) is 5.30. The molecule has 2 aromatic rings. The number of hydroxylamine groups is 1. The van der Waals surface area contributed by atoms with Crippen molar-refractivity contribution in [3.63, 3.8) is 0 Å². The van der Waals surface area contributed by atoms with Gasteiger partial charge in [-0.15, -0.1) is 0 Å². The molecule has 0 saturated carbocycles. The van der Waals surface area contributed by atoms with Crippen molar-refractivity contribution in [1.82, 2.24) is 15.4 Å². The Morgan fingerprint density at radius 2 is 2.00 bits per heavy atom. The van der Waals surface area contributed by atoms with Gasteiger partial charge in [0, 0.05) is 49.2 Å². The van der Waals surface area contributed by atoms with Crippen molar-refractivity contribution < 1.29 is 9.63 Å². The molecule has 1 aromatic carbocycles. The molecule has 10 nitrogen and oxygen atoms in total. The lowest BCUT2D eigenvalue weighted by Crippen LogP contribution is -2.31. The van der Waals surface area contributed by atoms with E-state index in [-0.39, 0.29) is 11.3 Å². The minimum Gasteiger partial charge on any atom is -0.358 e. The molecule has 0 fully saturated rings. The lowest BCUT2D eigenvalue weighted by molar-refractivity contribution is 0.0537. The van der Waals surface area contributed by atoms with E-state index >= 15 is 0 Å². The molecule has 0 saturated heterocycles. The Morgan fingerprint density at radius 1 is 1.25 bits per heavy atom. The zero-order valence-corrected chi connectivity index (χ0v) is 21.7. The van der Waals surface area contributed by atoms with Gasteiger partial charge in [-0.2, -0.15) is 15.2 Å². The number of anilines is 4. The number of allylic oxidation sites excluding steroid dienone is 2. The molecule has 0 atom stereocenters. The highest BCUT2D eigenvalue weighted by molar-refractivity contribution is 5.95. The van der Waals surface area contributed by atoms with Gasteiger partial charge in [-0.3, -0.25) is 19.5 Å². The molecule has 0 unspecified atom stereocenters. The van der Waals surface area contributed by atoms with E-state index in [1.165, 1.54) is 7.11 Å². The van der Waals surface area contributed by atoms with E-state index in [1.807, 2.05) is 43.0 Å². The average Bonchev–Trinajstić information content (AvgIpc) is 3.03. The maximum atomic E-state index is 12.3. The van der Waals surface area contributed by atoms with Gasteiger partial charge in [-0.1, -0.05) is 26.8 Å².